The average molecular weight is 232 g/mol. The first-order chi connectivity index (χ1) is 5.46. The van der Waals surface area contributed by atoms with Crippen molar-refractivity contribution in [2.75, 3.05) is 0 Å². The quantitative estimate of drug-likeness (QED) is 0.695. The highest BCUT2D eigenvalue weighted by Gasteiger charge is 2.24. The van der Waals surface area contributed by atoms with Gasteiger partial charge in [0.2, 0.25) is 0 Å². The number of alkyl halides is 1. The normalized spacial score (nSPS) is 12.1. The summed E-state index contributed by atoms with van der Waals surface area (Å²) in [5.41, 5.74) is 2.21. The summed E-state index contributed by atoms with van der Waals surface area (Å²) >= 11 is 3.43. The third-order valence-electron chi connectivity index (χ3n) is 1.80. The number of nitrogens with zero attached hydrogens (tertiary/aromatic N) is 1. The van der Waals surface area contributed by atoms with E-state index < -0.39 is 0 Å². The Hall–Kier alpha value is -0.310. The first-order valence-electron chi connectivity index (χ1n) is 3.98. The van der Waals surface area contributed by atoms with Crippen LogP contribution >= 0.6 is 15.9 Å². The predicted molar refractivity (Wildman–Crippen MR) is 52.6 cm³/mol. The average Bonchev–Trinajstić information content (AvgIpc) is 2.29. The predicted octanol–water partition coefficient (Wildman–Crippen LogP) is 3.18. The molecule has 68 valence electrons. The number of aromatic nitrogens is 1. The van der Waals surface area contributed by atoms with E-state index in [1.807, 2.05) is 6.92 Å². The lowest BCUT2D eigenvalue weighted by atomic mass is 9.90. The van der Waals surface area contributed by atoms with Gasteiger partial charge in [-0.05, 0) is 6.92 Å². The topological polar surface area (TPSA) is 26.0 Å². The molecule has 0 saturated carbocycles. The fourth-order valence-electron chi connectivity index (χ4n) is 1.14. The SMILES string of the molecule is Cc1noc(C(C)(C)C)c1CBr. The molecule has 0 aliphatic carbocycles. The van der Waals surface area contributed by atoms with E-state index in [2.05, 4.69) is 41.9 Å². The Bertz CT molecular complexity index is 273. The number of rotatable bonds is 1. The van der Waals surface area contributed by atoms with Gasteiger partial charge in [-0.3, -0.25) is 0 Å². The van der Waals surface area contributed by atoms with Gasteiger partial charge in [0.25, 0.3) is 0 Å². The molecule has 0 bridgehead atoms. The van der Waals surface area contributed by atoms with Gasteiger partial charge in [0, 0.05) is 16.3 Å². The Labute approximate surface area is 81.5 Å². The summed E-state index contributed by atoms with van der Waals surface area (Å²) in [6, 6.07) is 0. The minimum absolute atomic E-state index is 0.0460. The van der Waals surface area contributed by atoms with Crippen LogP contribution in [0, 0.1) is 6.92 Å². The molecule has 1 heterocycles. The third kappa shape index (κ3) is 1.71. The fourth-order valence-corrected chi connectivity index (χ4v) is 1.80. The van der Waals surface area contributed by atoms with Gasteiger partial charge in [0.1, 0.15) is 5.76 Å². The van der Waals surface area contributed by atoms with Crippen molar-refractivity contribution in [2.24, 2.45) is 0 Å². The molecule has 1 rings (SSSR count). The van der Waals surface area contributed by atoms with Crippen molar-refractivity contribution in [1.82, 2.24) is 5.16 Å². The molecule has 0 unspecified atom stereocenters. The van der Waals surface area contributed by atoms with Crippen LogP contribution < -0.4 is 0 Å². The van der Waals surface area contributed by atoms with E-state index in [1.165, 1.54) is 5.56 Å². The van der Waals surface area contributed by atoms with Crippen LogP contribution in [0.1, 0.15) is 37.8 Å². The van der Waals surface area contributed by atoms with E-state index in [9.17, 15) is 0 Å². The zero-order valence-electron chi connectivity index (χ0n) is 7.94. The van der Waals surface area contributed by atoms with Crippen molar-refractivity contribution in [3.8, 4) is 0 Å². The molecular weight excluding hydrogens is 218 g/mol. The lowest BCUT2D eigenvalue weighted by molar-refractivity contribution is 0.325. The summed E-state index contributed by atoms with van der Waals surface area (Å²) in [7, 11) is 0. The van der Waals surface area contributed by atoms with Crippen molar-refractivity contribution >= 4 is 15.9 Å². The molecule has 0 N–H and O–H groups in total. The zero-order chi connectivity index (χ0) is 9.35. The molecule has 0 aliphatic heterocycles. The molecule has 0 aromatic carbocycles. The maximum Gasteiger partial charge on any atom is 0.146 e. The van der Waals surface area contributed by atoms with Gasteiger partial charge in [-0.1, -0.05) is 41.9 Å². The summed E-state index contributed by atoms with van der Waals surface area (Å²) in [6.45, 7) is 8.34. The van der Waals surface area contributed by atoms with Gasteiger partial charge in [0.05, 0.1) is 5.69 Å². The molecule has 0 amide bonds. The van der Waals surface area contributed by atoms with Crippen molar-refractivity contribution in [3.63, 3.8) is 0 Å². The second-order valence-corrected chi connectivity index (χ2v) is 4.52. The Balaban J connectivity index is 3.16. The highest BCUT2D eigenvalue weighted by molar-refractivity contribution is 9.08. The van der Waals surface area contributed by atoms with Crippen LogP contribution in [0.4, 0.5) is 0 Å². The summed E-state index contributed by atoms with van der Waals surface area (Å²) in [6.07, 6.45) is 0. The summed E-state index contributed by atoms with van der Waals surface area (Å²) in [4.78, 5) is 0. The molecule has 1 aromatic heterocycles. The Morgan fingerprint density at radius 2 is 2.00 bits per heavy atom. The van der Waals surface area contributed by atoms with Crippen LogP contribution in [0.5, 0.6) is 0 Å². The van der Waals surface area contributed by atoms with Crippen LogP contribution in [0.25, 0.3) is 0 Å². The molecule has 0 atom stereocenters. The molecule has 0 radical (unpaired) electrons. The van der Waals surface area contributed by atoms with Crippen LogP contribution in [0.3, 0.4) is 0 Å². The van der Waals surface area contributed by atoms with E-state index >= 15 is 0 Å². The van der Waals surface area contributed by atoms with Gasteiger partial charge < -0.3 is 4.52 Å². The first-order valence-corrected chi connectivity index (χ1v) is 5.10. The second kappa shape index (κ2) is 3.21. The number of aryl methyl sites for hydroxylation is 1. The molecule has 0 spiro atoms. The van der Waals surface area contributed by atoms with Crippen LogP contribution in [-0.4, -0.2) is 5.16 Å². The summed E-state index contributed by atoms with van der Waals surface area (Å²) in [5.74, 6) is 0.983. The highest BCUT2D eigenvalue weighted by Crippen LogP contribution is 2.28. The molecule has 0 aliphatic rings. The second-order valence-electron chi connectivity index (χ2n) is 3.96. The fraction of sp³-hybridized carbons (Fsp3) is 0.667. The molecular formula is C9H14BrNO. The molecule has 12 heavy (non-hydrogen) atoms. The molecule has 3 heteroatoms. The molecule has 0 fully saturated rings. The van der Waals surface area contributed by atoms with E-state index in [0.717, 1.165) is 16.8 Å². The standard InChI is InChI=1S/C9H14BrNO/c1-6-7(5-10)8(12-11-6)9(2,3)4/h5H2,1-4H3. The van der Waals surface area contributed by atoms with E-state index in [-0.39, 0.29) is 5.41 Å². The maximum absolute atomic E-state index is 5.27. The van der Waals surface area contributed by atoms with Gasteiger partial charge in [-0.2, -0.15) is 0 Å². The minimum atomic E-state index is 0.0460. The zero-order valence-corrected chi connectivity index (χ0v) is 9.53. The minimum Gasteiger partial charge on any atom is -0.360 e. The van der Waals surface area contributed by atoms with Crippen molar-refractivity contribution in [1.29, 1.82) is 0 Å². The van der Waals surface area contributed by atoms with Crippen LogP contribution in [0.15, 0.2) is 4.52 Å². The Kier molecular flexibility index (Phi) is 2.61. The van der Waals surface area contributed by atoms with Gasteiger partial charge in [0.15, 0.2) is 0 Å². The summed E-state index contributed by atoms with van der Waals surface area (Å²) in [5, 5.41) is 4.76. The molecule has 2 nitrogen and oxygen atoms in total. The first kappa shape index (κ1) is 9.78. The third-order valence-corrected chi connectivity index (χ3v) is 2.36. The van der Waals surface area contributed by atoms with Gasteiger partial charge in [-0.25, -0.2) is 0 Å². The van der Waals surface area contributed by atoms with Crippen LogP contribution in [0.2, 0.25) is 0 Å². The largest absolute Gasteiger partial charge is 0.360 e. The van der Waals surface area contributed by atoms with Crippen molar-refractivity contribution in [2.45, 2.75) is 38.4 Å². The van der Waals surface area contributed by atoms with Crippen molar-refractivity contribution in [3.05, 3.63) is 17.0 Å². The lowest BCUT2D eigenvalue weighted by Gasteiger charge is -2.15. The van der Waals surface area contributed by atoms with Gasteiger partial charge >= 0.3 is 0 Å². The highest BCUT2D eigenvalue weighted by atomic mass is 79.9. The monoisotopic (exact) mass is 231 g/mol. The number of hydrogen-bond donors (Lipinski definition) is 0. The van der Waals surface area contributed by atoms with E-state index in [0.29, 0.717) is 0 Å². The van der Waals surface area contributed by atoms with Crippen LogP contribution in [-0.2, 0) is 10.7 Å². The number of halogens is 1. The molecule has 1 aromatic rings. The Morgan fingerprint density at radius 1 is 1.42 bits per heavy atom. The number of hydrogen-bond acceptors (Lipinski definition) is 2. The lowest BCUT2D eigenvalue weighted by Crippen LogP contribution is -2.12. The van der Waals surface area contributed by atoms with E-state index in [1.54, 1.807) is 0 Å². The maximum atomic E-state index is 5.27. The van der Waals surface area contributed by atoms with Gasteiger partial charge in [-0.15, -0.1) is 0 Å². The molecule has 0 saturated heterocycles. The van der Waals surface area contributed by atoms with E-state index in [4.69, 9.17) is 4.52 Å². The van der Waals surface area contributed by atoms with Crippen molar-refractivity contribution < 1.29 is 4.52 Å². The Morgan fingerprint density at radius 3 is 2.33 bits per heavy atom. The smallest absolute Gasteiger partial charge is 0.146 e. The summed E-state index contributed by atoms with van der Waals surface area (Å²) < 4.78 is 5.27.